The molecule has 3 rings (SSSR count). The molecule has 2 heterocycles. The number of nitrogens with two attached hydrogens (primary N) is 1. The van der Waals surface area contributed by atoms with Crippen LogP contribution in [0.2, 0.25) is 0 Å². The highest BCUT2D eigenvalue weighted by atomic mass is 32.1. The van der Waals surface area contributed by atoms with Crippen LogP contribution in [0.3, 0.4) is 0 Å². The van der Waals surface area contributed by atoms with E-state index >= 15 is 0 Å². The van der Waals surface area contributed by atoms with Crippen LogP contribution in [-0.2, 0) is 29.0 Å². The molecule has 1 saturated heterocycles. The minimum atomic E-state index is -0.323. The van der Waals surface area contributed by atoms with Gasteiger partial charge in [-0.15, -0.1) is 11.3 Å². The number of primary amides is 1. The van der Waals surface area contributed by atoms with E-state index in [1.165, 1.54) is 35.3 Å². The molecule has 1 aliphatic heterocycles. The zero-order valence-corrected chi connectivity index (χ0v) is 14.3. The molecule has 0 spiro atoms. The Bertz CT molecular complexity index is 584. The molecule has 0 saturated carbocycles. The number of carbonyl (C=O) groups is 2. The number of piperidine rings is 1. The number of rotatable bonds is 5. The Hall–Kier alpha value is -1.40. The fraction of sp³-hybridized carbons (Fsp3) is 0.647. The van der Waals surface area contributed by atoms with Crippen molar-refractivity contribution in [1.29, 1.82) is 0 Å². The average molecular weight is 335 g/mol. The van der Waals surface area contributed by atoms with Crippen LogP contribution >= 0.6 is 11.3 Å². The Morgan fingerprint density at radius 2 is 2.13 bits per heavy atom. The summed E-state index contributed by atoms with van der Waals surface area (Å²) in [6.07, 6.45) is 6.73. The van der Waals surface area contributed by atoms with Gasteiger partial charge in [0.1, 0.15) is 0 Å². The average Bonchev–Trinajstić information content (AvgIpc) is 2.95. The predicted molar refractivity (Wildman–Crippen MR) is 91.2 cm³/mol. The maximum atomic E-state index is 12.4. The summed E-state index contributed by atoms with van der Waals surface area (Å²) in [5.74, 6) is -0.247. The van der Waals surface area contributed by atoms with E-state index in [9.17, 15) is 9.59 Å². The van der Waals surface area contributed by atoms with E-state index in [1.54, 1.807) is 0 Å². The van der Waals surface area contributed by atoms with Gasteiger partial charge in [-0.25, -0.2) is 0 Å². The largest absolute Gasteiger partial charge is 0.369 e. The Morgan fingerprint density at radius 3 is 2.96 bits per heavy atom. The van der Waals surface area contributed by atoms with E-state index in [2.05, 4.69) is 10.7 Å². The highest BCUT2D eigenvalue weighted by molar-refractivity contribution is 7.10. The zero-order chi connectivity index (χ0) is 16.2. The van der Waals surface area contributed by atoms with E-state index in [0.717, 1.165) is 25.8 Å². The van der Waals surface area contributed by atoms with E-state index in [4.69, 9.17) is 5.73 Å². The third-order valence-electron chi connectivity index (χ3n) is 4.86. The standard InChI is InChI=1S/C17H25N3O2S/c18-16(21)10-20-7-3-4-12(9-20)17(22)19-8-13-11-23-15-6-2-1-5-14(13)15/h11-12H,1-10H2,(H2,18,21)(H,19,22)/t12-/m0/s1. The van der Waals surface area contributed by atoms with Gasteiger partial charge in [0.25, 0.3) is 0 Å². The van der Waals surface area contributed by atoms with E-state index < -0.39 is 0 Å². The number of hydrogen-bond acceptors (Lipinski definition) is 4. The van der Waals surface area contributed by atoms with Gasteiger partial charge in [0.15, 0.2) is 0 Å². The summed E-state index contributed by atoms with van der Waals surface area (Å²) in [4.78, 5) is 27.0. The normalized spacial score (nSPS) is 21.7. The fourth-order valence-corrected chi connectivity index (χ4v) is 4.82. The van der Waals surface area contributed by atoms with Crippen LogP contribution in [0.15, 0.2) is 5.38 Å². The molecule has 1 aromatic rings. The van der Waals surface area contributed by atoms with Crippen molar-refractivity contribution in [3.05, 3.63) is 21.4 Å². The number of nitrogens with one attached hydrogen (secondary N) is 1. The maximum absolute atomic E-state index is 12.4. The lowest BCUT2D eigenvalue weighted by Gasteiger charge is -2.31. The van der Waals surface area contributed by atoms with Crippen LogP contribution in [0.25, 0.3) is 0 Å². The first kappa shape index (κ1) is 16.5. The summed E-state index contributed by atoms with van der Waals surface area (Å²) < 4.78 is 0. The summed E-state index contributed by atoms with van der Waals surface area (Å²) in [6, 6.07) is 0. The van der Waals surface area contributed by atoms with Gasteiger partial charge in [0.2, 0.25) is 11.8 Å². The summed E-state index contributed by atoms with van der Waals surface area (Å²) in [6.45, 7) is 2.38. The molecule has 1 aromatic heterocycles. The first-order valence-electron chi connectivity index (χ1n) is 8.50. The van der Waals surface area contributed by atoms with Crippen molar-refractivity contribution in [3.63, 3.8) is 0 Å². The van der Waals surface area contributed by atoms with Crippen LogP contribution in [0.1, 0.15) is 41.7 Å². The first-order valence-corrected chi connectivity index (χ1v) is 9.38. The second-order valence-electron chi connectivity index (χ2n) is 6.63. The van der Waals surface area contributed by atoms with Crippen LogP contribution in [0.4, 0.5) is 0 Å². The van der Waals surface area contributed by atoms with Crippen LogP contribution in [0.5, 0.6) is 0 Å². The van der Waals surface area contributed by atoms with Crippen LogP contribution < -0.4 is 11.1 Å². The minimum absolute atomic E-state index is 0.0300. The van der Waals surface area contributed by atoms with E-state index in [0.29, 0.717) is 13.1 Å². The quantitative estimate of drug-likeness (QED) is 0.855. The molecule has 2 aliphatic rings. The Morgan fingerprint density at radius 1 is 1.30 bits per heavy atom. The molecule has 0 radical (unpaired) electrons. The minimum Gasteiger partial charge on any atom is -0.369 e. The number of nitrogens with zero attached hydrogens (tertiary/aromatic N) is 1. The molecule has 1 aliphatic carbocycles. The van der Waals surface area contributed by atoms with Gasteiger partial charge in [0.05, 0.1) is 12.5 Å². The number of amides is 2. The summed E-state index contributed by atoms with van der Waals surface area (Å²) in [5, 5.41) is 5.31. The van der Waals surface area contributed by atoms with E-state index in [-0.39, 0.29) is 24.3 Å². The molecule has 23 heavy (non-hydrogen) atoms. The van der Waals surface area contributed by atoms with Gasteiger partial charge in [-0.3, -0.25) is 14.5 Å². The van der Waals surface area contributed by atoms with Gasteiger partial charge in [-0.2, -0.15) is 0 Å². The molecule has 0 unspecified atom stereocenters. The number of thiophene rings is 1. The molecule has 6 heteroatoms. The number of carbonyl (C=O) groups excluding carboxylic acids is 2. The number of likely N-dealkylation sites (tertiary alicyclic amines) is 1. The van der Waals surface area contributed by atoms with Crippen molar-refractivity contribution < 1.29 is 9.59 Å². The van der Waals surface area contributed by atoms with Crippen LogP contribution in [0, 0.1) is 5.92 Å². The van der Waals surface area contributed by atoms with Crippen molar-refractivity contribution in [2.75, 3.05) is 19.6 Å². The first-order chi connectivity index (χ1) is 11.1. The predicted octanol–water partition coefficient (Wildman–Crippen LogP) is 1.44. The lowest BCUT2D eigenvalue weighted by molar-refractivity contribution is -0.128. The van der Waals surface area contributed by atoms with Gasteiger partial charge in [-0.1, -0.05) is 0 Å². The highest BCUT2D eigenvalue weighted by Crippen LogP contribution is 2.30. The molecule has 2 amide bonds. The van der Waals surface area contributed by atoms with Crippen molar-refractivity contribution >= 4 is 23.2 Å². The topological polar surface area (TPSA) is 75.4 Å². The highest BCUT2D eigenvalue weighted by Gasteiger charge is 2.26. The van der Waals surface area contributed by atoms with Gasteiger partial charge in [0, 0.05) is 18.0 Å². The van der Waals surface area contributed by atoms with Gasteiger partial charge >= 0.3 is 0 Å². The third-order valence-corrected chi connectivity index (χ3v) is 5.99. The summed E-state index contributed by atoms with van der Waals surface area (Å²) in [7, 11) is 0. The summed E-state index contributed by atoms with van der Waals surface area (Å²) in [5.41, 5.74) is 8.02. The molecule has 5 nitrogen and oxygen atoms in total. The lowest BCUT2D eigenvalue weighted by Crippen LogP contribution is -2.45. The van der Waals surface area contributed by atoms with Crippen molar-refractivity contribution in [2.24, 2.45) is 11.7 Å². The number of fused-ring (bicyclic) bond motifs is 1. The smallest absolute Gasteiger partial charge is 0.231 e. The zero-order valence-electron chi connectivity index (χ0n) is 13.5. The SMILES string of the molecule is NC(=O)CN1CCC[C@H](C(=O)NCc2csc3c2CCCC3)C1. The lowest BCUT2D eigenvalue weighted by atomic mass is 9.95. The molecule has 3 N–H and O–H groups in total. The molecular formula is C17H25N3O2S. The molecule has 0 bridgehead atoms. The molecule has 1 atom stereocenters. The molecule has 126 valence electrons. The van der Waals surface area contributed by atoms with Crippen LogP contribution in [-0.4, -0.2) is 36.3 Å². The van der Waals surface area contributed by atoms with Crippen molar-refractivity contribution in [3.8, 4) is 0 Å². The number of hydrogen-bond donors (Lipinski definition) is 2. The Labute approximate surface area is 141 Å². The second kappa shape index (κ2) is 7.45. The molecule has 0 aromatic carbocycles. The van der Waals surface area contributed by atoms with E-state index in [1.807, 2.05) is 16.2 Å². The van der Waals surface area contributed by atoms with Crippen molar-refractivity contribution in [1.82, 2.24) is 10.2 Å². The maximum Gasteiger partial charge on any atom is 0.231 e. The van der Waals surface area contributed by atoms with Crippen molar-refractivity contribution in [2.45, 2.75) is 45.1 Å². The monoisotopic (exact) mass is 335 g/mol. The Kier molecular flexibility index (Phi) is 5.33. The number of aryl methyl sites for hydroxylation is 1. The Balaban J connectivity index is 1.53. The third kappa shape index (κ3) is 4.12. The van der Waals surface area contributed by atoms with Gasteiger partial charge < -0.3 is 11.1 Å². The fourth-order valence-electron chi connectivity index (χ4n) is 3.67. The molecule has 1 fully saturated rings. The molecular weight excluding hydrogens is 310 g/mol. The van der Waals surface area contributed by atoms with Gasteiger partial charge in [-0.05, 0) is 61.6 Å². The summed E-state index contributed by atoms with van der Waals surface area (Å²) >= 11 is 1.84. The second-order valence-corrected chi connectivity index (χ2v) is 7.59.